The van der Waals surface area contributed by atoms with Crippen LogP contribution in [-0.4, -0.2) is 34.5 Å². The number of aromatic nitrogens is 2. The molecule has 1 aliphatic heterocycles. The Morgan fingerprint density at radius 3 is 2.87 bits per heavy atom. The third-order valence-corrected chi connectivity index (χ3v) is 5.05. The predicted molar refractivity (Wildman–Crippen MR) is 101 cm³/mol. The quantitative estimate of drug-likeness (QED) is 0.886. The molecule has 0 bridgehead atoms. The van der Waals surface area contributed by atoms with Gasteiger partial charge in [0.25, 0.3) is 0 Å². The van der Waals surface area contributed by atoms with Crippen LogP contribution in [0.25, 0.3) is 0 Å². The molecule has 2 aromatic heterocycles. The van der Waals surface area contributed by atoms with Crippen molar-refractivity contribution in [3.05, 3.63) is 46.2 Å². The second kappa shape index (κ2) is 9.55. The lowest BCUT2D eigenvalue weighted by atomic mass is 10.1. The van der Waals surface area contributed by atoms with Gasteiger partial charge >= 0.3 is 0 Å². The van der Waals surface area contributed by atoms with Crippen LogP contribution in [0, 0.1) is 0 Å². The van der Waals surface area contributed by atoms with Gasteiger partial charge in [-0.25, -0.2) is 4.98 Å². The molecule has 1 saturated heterocycles. The van der Waals surface area contributed by atoms with Crippen molar-refractivity contribution in [3.8, 4) is 0 Å². The number of hydrogen-bond acceptors (Lipinski definition) is 5. The normalized spacial score (nSPS) is 18.3. The summed E-state index contributed by atoms with van der Waals surface area (Å²) in [4.78, 5) is 11.5. The van der Waals surface area contributed by atoms with Crippen LogP contribution in [0.5, 0.6) is 0 Å². The number of halogens is 2. The first-order valence-electron chi connectivity index (χ1n) is 7.53. The van der Waals surface area contributed by atoms with Crippen molar-refractivity contribution in [3.63, 3.8) is 0 Å². The third-order valence-electron chi connectivity index (χ3n) is 3.85. The highest BCUT2D eigenvalue weighted by Crippen LogP contribution is 2.25. The number of rotatable bonds is 4. The van der Waals surface area contributed by atoms with E-state index in [1.807, 2.05) is 18.5 Å². The van der Waals surface area contributed by atoms with E-state index in [-0.39, 0.29) is 24.8 Å². The van der Waals surface area contributed by atoms with Crippen LogP contribution in [0.4, 0.5) is 0 Å². The van der Waals surface area contributed by atoms with Gasteiger partial charge in [0.1, 0.15) is 0 Å². The molecule has 1 atom stereocenters. The summed E-state index contributed by atoms with van der Waals surface area (Å²) in [5.41, 5.74) is 2.48. The molecular weight excluding hydrogens is 351 g/mol. The highest BCUT2D eigenvalue weighted by molar-refractivity contribution is 7.09. The molecule has 7 heteroatoms. The number of hydrogen-bond donors (Lipinski definition) is 1. The fourth-order valence-electron chi connectivity index (χ4n) is 2.71. The molecule has 2 aromatic rings. The minimum absolute atomic E-state index is 0. The summed E-state index contributed by atoms with van der Waals surface area (Å²) in [5, 5.41) is 6.93. The lowest BCUT2D eigenvalue weighted by Crippen LogP contribution is -2.45. The fraction of sp³-hybridized carbons (Fsp3) is 0.500. The molecule has 0 amide bonds. The Balaban J connectivity index is 0.00000132. The van der Waals surface area contributed by atoms with E-state index in [9.17, 15) is 0 Å². The fourth-order valence-corrected chi connectivity index (χ4v) is 3.53. The van der Waals surface area contributed by atoms with Crippen molar-refractivity contribution in [1.82, 2.24) is 20.2 Å². The minimum atomic E-state index is 0. The number of thiazole rings is 1. The molecule has 0 spiro atoms. The van der Waals surface area contributed by atoms with Gasteiger partial charge in [-0.3, -0.25) is 9.88 Å². The molecule has 0 radical (unpaired) electrons. The monoisotopic (exact) mass is 374 g/mol. The molecule has 0 aromatic carbocycles. The van der Waals surface area contributed by atoms with Crippen LogP contribution < -0.4 is 5.32 Å². The van der Waals surface area contributed by atoms with Gasteiger partial charge in [-0.2, -0.15) is 0 Å². The predicted octanol–water partition coefficient (Wildman–Crippen LogP) is 3.65. The Kier molecular flexibility index (Phi) is 8.44. The van der Waals surface area contributed by atoms with Crippen molar-refractivity contribution in [2.45, 2.75) is 32.4 Å². The number of piperazine rings is 1. The van der Waals surface area contributed by atoms with E-state index >= 15 is 0 Å². The Morgan fingerprint density at radius 2 is 2.22 bits per heavy atom. The number of pyridine rings is 1. The summed E-state index contributed by atoms with van der Waals surface area (Å²) in [6.07, 6.45) is 3.81. The zero-order valence-electron chi connectivity index (χ0n) is 13.4. The maximum absolute atomic E-state index is 4.77. The Hall–Kier alpha value is -0.720. The van der Waals surface area contributed by atoms with Crippen molar-refractivity contribution in [1.29, 1.82) is 0 Å². The average Bonchev–Trinajstić information content (AvgIpc) is 2.98. The smallest absolute Gasteiger partial charge is 0.0954 e. The molecule has 0 saturated carbocycles. The summed E-state index contributed by atoms with van der Waals surface area (Å²) in [6.45, 7) is 8.39. The van der Waals surface area contributed by atoms with E-state index < -0.39 is 0 Å². The third kappa shape index (κ3) is 5.13. The van der Waals surface area contributed by atoms with Gasteiger partial charge in [0, 0.05) is 55.9 Å². The van der Waals surface area contributed by atoms with Crippen LogP contribution in [0.15, 0.2) is 29.9 Å². The van der Waals surface area contributed by atoms with E-state index in [0.29, 0.717) is 12.0 Å². The standard InChI is InChI=1S/C16H22N4S.2ClH/c1-12(2)16-19-14(11-21-16)10-20-7-6-18-9-15(20)13-4-3-5-17-8-13;;/h3-5,8,11-12,15,18H,6-7,9-10H2,1-2H3;2*1H. The van der Waals surface area contributed by atoms with Crippen molar-refractivity contribution >= 4 is 36.2 Å². The maximum Gasteiger partial charge on any atom is 0.0954 e. The molecule has 128 valence electrons. The van der Waals surface area contributed by atoms with Gasteiger partial charge in [0.2, 0.25) is 0 Å². The van der Waals surface area contributed by atoms with E-state index in [1.165, 1.54) is 16.3 Å². The van der Waals surface area contributed by atoms with E-state index in [4.69, 9.17) is 4.98 Å². The lowest BCUT2D eigenvalue weighted by molar-refractivity contribution is 0.152. The first kappa shape index (κ1) is 20.3. The summed E-state index contributed by atoms with van der Waals surface area (Å²) in [5.74, 6) is 0.515. The van der Waals surface area contributed by atoms with Crippen molar-refractivity contribution in [2.75, 3.05) is 19.6 Å². The second-order valence-electron chi connectivity index (χ2n) is 5.81. The minimum Gasteiger partial charge on any atom is -0.314 e. The first-order valence-corrected chi connectivity index (χ1v) is 8.41. The molecule has 1 aliphatic rings. The average molecular weight is 375 g/mol. The van der Waals surface area contributed by atoms with E-state index in [1.54, 1.807) is 11.3 Å². The van der Waals surface area contributed by atoms with Crippen molar-refractivity contribution in [2.24, 2.45) is 0 Å². The summed E-state index contributed by atoms with van der Waals surface area (Å²) < 4.78 is 0. The Morgan fingerprint density at radius 1 is 1.39 bits per heavy atom. The Bertz CT molecular complexity index is 576. The van der Waals surface area contributed by atoms with Crippen LogP contribution in [0.1, 0.15) is 42.1 Å². The molecule has 3 rings (SSSR count). The topological polar surface area (TPSA) is 41.1 Å². The Labute approximate surface area is 154 Å². The molecule has 4 nitrogen and oxygen atoms in total. The van der Waals surface area contributed by atoms with E-state index in [2.05, 4.69) is 40.5 Å². The maximum atomic E-state index is 4.77. The van der Waals surface area contributed by atoms with E-state index in [0.717, 1.165) is 26.2 Å². The van der Waals surface area contributed by atoms with Gasteiger partial charge < -0.3 is 5.32 Å². The molecule has 23 heavy (non-hydrogen) atoms. The second-order valence-corrected chi connectivity index (χ2v) is 6.70. The highest BCUT2D eigenvalue weighted by Gasteiger charge is 2.24. The number of nitrogens with one attached hydrogen (secondary N) is 1. The summed E-state index contributed by atoms with van der Waals surface area (Å²) >= 11 is 1.78. The molecule has 1 fully saturated rings. The molecule has 1 unspecified atom stereocenters. The van der Waals surface area contributed by atoms with Gasteiger partial charge in [0.05, 0.1) is 10.7 Å². The molecular formula is C16H24Cl2N4S. The number of nitrogens with zero attached hydrogens (tertiary/aromatic N) is 3. The van der Waals surface area contributed by atoms with Crippen LogP contribution in [0.2, 0.25) is 0 Å². The largest absolute Gasteiger partial charge is 0.314 e. The van der Waals surface area contributed by atoms with Gasteiger partial charge in [-0.15, -0.1) is 36.2 Å². The molecule has 0 aliphatic carbocycles. The van der Waals surface area contributed by atoms with Crippen LogP contribution in [0.3, 0.4) is 0 Å². The molecule has 3 heterocycles. The highest BCUT2D eigenvalue weighted by atomic mass is 35.5. The van der Waals surface area contributed by atoms with Crippen LogP contribution in [-0.2, 0) is 6.54 Å². The van der Waals surface area contributed by atoms with Crippen molar-refractivity contribution < 1.29 is 0 Å². The van der Waals surface area contributed by atoms with Gasteiger partial charge in [-0.1, -0.05) is 19.9 Å². The lowest BCUT2D eigenvalue weighted by Gasteiger charge is -2.35. The zero-order valence-corrected chi connectivity index (χ0v) is 15.9. The SMILES string of the molecule is CC(C)c1nc(CN2CCNCC2c2cccnc2)cs1.Cl.Cl. The first-order chi connectivity index (χ1) is 10.2. The summed E-state index contributed by atoms with van der Waals surface area (Å²) in [7, 11) is 0. The van der Waals surface area contributed by atoms with Gasteiger partial charge in [-0.05, 0) is 11.6 Å². The zero-order chi connectivity index (χ0) is 14.7. The molecule has 1 N–H and O–H groups in total. The summed E-state index contributed by atoms with van der Waals surface area (Å²) in [6, 6.07) is 4.57. The van der Waals surface area contributed by atoms with Crippen LogP contribution >= 0.6 is 36.2 Å². The van der Waals surface area contributed by atoms with Gasteiger partial charge in [0.15, 0.2) is 0 Å².